The van der Waals surface area contributed by atoms with Crippen molar-refractivity contribution in [2.75, 3.05) is 0 Å². The van der Waals surface area contributed by atoms with E-state index in [2.05, 4.69) is 29.5 Å². The third kappa shape index (κ3) is 2.62. The predicted molar refractivity (Wildman–Crippen MR) is 71.3 cm³/mol. The van der Waals surface area contributed by atoms with Gasteiger partial charge in [0.05, 0.1) is 5.52 Å². The summed E-state index contributed by atoms with van der Waals surface area (Å²) in [5.41, 5.74) is 5.19. The van der Waals surface area contributed by atoms with Gasteiger partial charge in [0.1, 0.15) is 0 Å². The summed E-state index contributed by atoms with van der Waals surface area (Å²) >= 11 is 0. The highest BCUT2D eigenvalue weighted by Crippen LogP contribution is 2.25. The fourth-order valence-corrected chi connectivity index (χ4v) is 2.16. The number of pyridine rings is 1. The molecule has 1 heterocycles. The van der Waals surface area contributed by atoms with E-state index in [1.807, 2.05) is 24.4 Å². The Balaban J connectivity index is 2.38. The van der Waals surface area contributed by atoms with Crippen LogP contribution in [0.2, 0.25) is 0 Å². The Morgan fingerprint density at radius 3 is 2.88 bits per heavy atom. The number of para-hydroxylation sites is 1. The largest absolute Gasteiger partial charge is 0.271 e. The number of unbranched alkanes of at least 4 members (excludes halogenated alkanes) is 1. The Morgan fingerprint density at radius 2 is 2.12 bits per heavy atom. The van der Waals surface area contributed by atoms with Gasteiger partial charge in [-0.1, -0.05) is 38.0 Å². The normalized spacial score (nSPS) is 12.8. The van der Waals surface area contributed by atoms with Crippen LogP contribution in [-0.2, 0) is 0 Å². The van der Waals surface area contributed by atoms with Crippen molar-refractivity contribution >= 4 is 10.9 Å². The van der Waals surface area contributed by atoms with Crippen LogP contribution < -0.4 is 11.3 Å². The van der Waals surface area contributed by atoms with E-state index in [0.717, 1.165) is 11.9 Å². The monoisotopic (exact) mass is 229 g/mol. The van der Waals surface area contributed by atoms with Crippen molar-refractivity contribution in [3.8, 4) is 0 Å². The van der Waals surface area contributed by atoms with Gasteiger partial charge in [0, 0.05) is 17.6 Å². The quantitative estimate of drug-likeness (QED) is 0.612. The summed E-state index contributed by atoms with van der Waals surface area (Å²) in [4.78, 5) is 4.37. The smallest absolute Gasteiger partial charge is 0.0705 e. The number of aromatic nitrogens is 1. The Hall–Kier alpha value is -1.45. The zero-order chi connectivity index (χ0) is 12.1. The number of hydrogen-bond acceptors (Lipinski definition) is 3. The minimum Gasteiger partial charge on any atom is -0.271 e. The highest BCUT2D eigenvalue weighted by Gasteiger charge is 2.12. The Labute approximate surface area is 102 Å². The molecule has 0 radical (unpaired) electrons. The molecule has 3 N–H and O–H groups in total. The first-order valence-corrected chi connectivity index (χ1v) is 6.16. The first kappa shape index (κ1) is 12.0. The van der Waals surface area contributed by atoms with Crippen LogP contribution in [0.5, 0.6) is 0 Å². The Bertz CT molecular complexity index is 476. The second-order valence-corrected chi connectivity index (χ2v) is 4.28. The number of rotatable bonds is 5. The molecule has 0 bridgehead atoms. The molecule has 0 spiro atoms. The molecule has 0 saturated carbocycles. The van der Waals surface area contributed by atoms with Crippen LogP contribution in [-0.4, -0.2) is 4.98 Å². The first-order valence-electron chi connectivity index (χ1n) is 6.16. The lowest BCUT2D eigenvalue weighted by Gasteiger charge is -2.17. The maximum absolute atomic E-state index is 5.67. The number of hydrogen-bond donors (Lipinski definition) is 2. The third-order valence-corrected chi connectivity index (χ3v) is 3.11. The average Bonchev–Trinajstić information content (AvgIpc) is 2.40. The zero-order valence-corrected chi connectivity index (χ0v) is 10.2. The van der Waals surface area contributed by atoms with E-state index in [0.29, 0.717) is 0 Å². The molecule has 0 saturated heterocycles. The number of benzene rings is 1. The van der Waals surface area contributed by atoms with E-state index in [4.69, 9.17) is 5.84 Å². The average molecular weight is 229 g/mol. The molecule has 3 nitrogen and oxygen atoms in total. The van der Waals surface area contributed by atoms with Crippen molar-refractivity contribution in [3.63, 3.8) is 0 Å². The topological polar surface area (TPSA) is 50.9 Å². The number of hydrazine groups is 1. The summed E-state index contributed by atoms with van der Waals surface area (Å²) in [6.07, 6.45) is 5.27. The van der Waals surface area contributed by atoms with Crippen LogP contribution in [0.4, 0.5) is 0 Å². The summed E-state index contributed by atoms with van der Waals surface area (Å²) in [5, 5.41) is 1.19. The maximum Gasteiger partial charge on any atom is 0.0705 e. The minimum absolute atomic E-state index is 0.211. The van der Waals surface area contributed by atoms with Gasteiger partial charge in [0.15, 0.2) is 0 Å². The first-order chi connectivity index (χ1) is 8.36. The molecule has 90 valence electrons. The molecule has 0 amide bonds. The SMILES string of the molecule is CCCCC(NN)c1ccnc2ccccc12. The molecule has 3 heteroatoms. The van der Waals surface area contributed by atoms with Gasteiger partial charge >= 0.3 is 0 Å². The van der Waals surface area contributed by atoms with Gasteiger partial charge in [0.2, 0.25) is 0 Å². The summed E-state index contributed by atoms with van der Waals surface area (Å²) in [6.45, 7) is 2.19. The molecule has 1 unspecified atom stereocenters. The molecule has 17 heavy (non-hydrogen) atoms. The number of nitrogens with zero attached hydrogens (tertiary/aromatic N) is 1. The van der Waals surface area contributed by atoms with Gasteiger partial charge < -0.3 is 0 Å². The Morgan fingerprint density at radius 1 is 1.29 bits per heavy atom. The molecule has 0 aliphatic rings. The predicted octanol–water partition coefficient (Wildman–Crippen LogP) is 2.93. The van der Waals surface area contributed by atoms with Gasteiger partial charge in [-0.25, -0.2) is 0 Å². The van der Waals surface area contributed by atoms with E-state index in [-0.39, 0.29) is 6.04 Å². The van der Waals surface area contributed by atoms with Crippen molar-refractivity contribution in [2.24, 2.45) is 5.84 Å². The van der Waals surface area contributed by atoms with Crippen LogP contribution in [0.15, 0.2) is 36.5 Å². The lowest BCUT2D eigenvalue weighted by Crippen LogP contribution is -2.28. The molecular weight excluding hydrogens is 210 g/mol. The molecule has 1 aromatic heterocycles. The fourth-order valence-electron chi connectivity index (χ4n) is 2.16. The van der Waals surface area contributed by atoms with Crippen molar-refractivity contribution in [3.05, 3.63) is 42.1 Å². The zero-order valence-electron chi connectivity index (χ0n) is 10.2. The van der Waals surface area contributed by atoms with Crippen molar-refractivity contribution < 1.29 is 0 Å². The maximum atomic E-state index is 5.67. The van der Waals surface area contributed by atoms with Crippen LogP contribution >= 0.6 is 0 Å². The van der Waals surface area contributed by atoms with Gasteiger partial charge in [-0.15, -0.1) is 0 Å². The number of fused-ring (bicyclic) bond motifs is 1. The number of nitrogens with two attached hydrogens (primary N) is 1. The van der Waals surface area contributed by atoms with Crippen LogP contribution in [0.3, 0.4) is 0 Å². The summed E-state index contributed by atoms with van der Waals surface area (Å²) in [7, 11) is 0. The fraction of sp³-hybridized carbons (Fsp3) is 0.357. The van der Waals surface area contributed by atoms with Crippen LogP contribution in [0.25, 0.3) is 10.9 Å². The van der Waals surface area contributed by atoms with Crippen molar-refractivity contribution in [1.29, 1.82) is 0 Å². The van der Waals surface area contributed by atoms with Gasteiger partial charge in [-0.2, -0.15) is 0 Å². The third-order valence-electron chi connectivity index (χ3n) is 3.11. The lowest BCUT2D eigenvalue weighted by atomic mass is 9.98. The number of nitrogens with one attached hydrogen (secondary N) is 1. The van der Waals surface area contributed by atoms with E-state index in [9.17, 15) is 0 Å². The van der Waals surface area contributed by atoms with Gasteiger partial charge in [0.25, 0.3) is 0 Å². The molecule has 1 atom stereocenters. The minimum atomic E-state index is 0.211. The molecule has 0 aliphatic carbocycles. The lowest BCUT2D eigenvalue weighted by molar-refractivity contribution is 0.498. The van der Waals surface area contributed by atoms with Gasteiger partial charge in [-0.05, 0) is 24.1 Å². The van der Waals surface area contributed by atoms with Crippen molar-refractivity contribution in [1.82, 2.24) is 10.4 Å². The van der Waals surface area contributed by atoms with Crippen LogP contribution in [0, 0.1) is 0 Å². The van der Waals surface area contributed by atoms with Crippen molar-refractivity contribution in [2.45, 2.75) is 32.2 Å². The van der Waals surface area contributed by atoms with E-state index < -0.39 is 0 Å². The highest BCUT2D eigenvalue weighted by molar-refractivity contribution is 5.82. The van der Waals surface area contributed by atoms with Gasteiger partial charge in [-0.3, -0.25) is 16.3 Å². The van der Waals surface area contributed by atoms with E-state index in [1.165, 1.54) is 23.8 Å². The molecule has 1 aromatic carbocycles. The molecule has 2 rings (SSSR count). The van der Waals surface area contributed by atoms with E-state index in [1.54, 1.807) is 0 Å². The molecule has 0 fully saturated rings. The summed E-state index contributed by atoms with van der Waals surface area (Å²) < 4.78 is 0. The second kappa shape index (κ2) is 5.75. The molecular formula is C14H19N3. The standard InChI is InChI=1S/C14H19N3/c1-2-3-7-14(17-15)12-9-10-16-13-8-5-4-6-11(12)13/h4-6,8-10,14,17H,2-3,7,15H2,1H3. The summed E-state index contributed by atoms with van der Waals surface area (Å²) in [6, 6.07) is 10.5. The molecule has 2 aromatic rings. The Kier molecular flexibility index (Phi) is 4.07. The van der Waals surface area contributed by atoms with E-state index >= 15 is 0 Å². The second-order valence-electron chi connectivity index (χ2n) is 4.28. The summed E-state index contributed by atoms with van der Waals surface area (Å²) in [5.74, 6) is 5.67. The van der Waals surface area contributed by atoms with Crippen LogP contribution in [0.1, 0.15) is 37.8 Å². The molecule has 0 aliphatic heterocycles. The highest BCUT2D eigenvalue weighted by atomic mass is 15.2.